The number of para-hydroxylation sites is 1. The molecule has 0 atom stereocenters. The first kappa shape index (κ1) is 13.9. The number of alkyl halides is 1. The van der Waals surface area contributed by atoms with E-state index in [9.17, 15) is 0 Å². The van der Waals surface area contributed by atoms with Crippen molar-refractivity contribution in [1.82, 2.24) is 14.5 Å². The molecule has 6 heteroatoms. The van der Waals surface area contributed by atoms with Gasteiger partial charge in [0.2, 0.25) is 0 Å². The van der Waals surface area contributed by atoms with Gasteiger partial charge in [-0.25, -0.2) is 9.97 Å². The molecule has 0 saturated carbocycles. The Kier molecular flexibility index (Phi) is 3.96. The van der Waals surface area contributed by atoms with Crippen molar-refractivity contribution in [2.24, 2.45) is 0 Å². The van der Waals surface area contributed by atoms with E-state index in [0.29, 0.717) is 10.9 Å². The number of benzene rings is 1. The van der Waals surface area contributed by atoms with E-state index in [0.717, 1.165) is 40.5 Å². The van der Waals surface area contributed by atoms with Gasteiger partial charge >= 0.3 is 0 Å². The van der Waals surface area contributed by atoms with Crippen LogP contribution in [0.2, 0.25) is 5.02 Å². The molecule has 0 aliphatic rings. The highest BCUT2D eigenvalue weighted by atomic mass is 35.5. The first-order valence-electron chi connectivity index (χ1n) is 6.29. The topological polar surface area (TPSA) is 30.7 Å². The highest BCUT2D eigenvalue weighted by Crippen LogP contribution is 2.26. The monoisotopic (exact) mass is 325 g/mol. The molecule has 3 rings (SSSR count). The highest BCUT2D eigenvalue weighted by Gasteiger charge is 2.13. The zero-order valence-corrected chi connectivity index (χ0v) is 13.3. The molecule has 2 aromatic heterocycles. The Morgan fingerprint density at radius 3 is 2.85 bits per heavy atom. The lowest BCUT2D eigenvalue weighted by Gasteiger charge is -2.07. The second-order valence-electron chi connectivity index (χ2n) is 4.55. The first-order chi connectivity index (χ1) is 9.69. The van der Waals surface area contributed by atoms with Crippen LogP contribution in [0.4, 0.5) is 0 Å². The first-order valence-corrected chi connectivity index (χ1v) is 8.09. The van der Waals surface area contributed by atoms with Gasteiger partial charge in [-0.1, -0.05) is 17.7 Å². The number of imidazole rings is 1. The number of hydrogen-bond acceptors (Lipinski definition) is 3. The fraction of sp³-hybridized carbons (Fsp3) is 0.286. The zero-order valence-electron chi connectivity index (χ0n) is 10.9. The van der Waals surface area contributed by atoms with Crippen molar-refractivity contribution in [2.45, 2.75) is 25.8 Å². The molecule has 0 bridgehead atoms. The molecule has 0 aliphatic heterocycles. The summed E-state index contributed by atoms with van der Waals surface area (Å²) in [6.07, 6.45) is 0.860. The summed E-state index contributed by atoms with van der Waals surface area (Å²) in [5, 5.41) is 3.90. The van der Waals surface area contributed by atoms with E-state index in [-0.39, 0.29) is 0 Å². The van der Waals surface area contributed by atoms with E-state index in [4.69, 9.17) is 23.2 Å². The summed E-state index contributed by atoms with van der Waals surface area (Å²) in [5.74, 6) is 1.23. The average Bonchev–Trinajstić information content (AvgIpc) is 3.00. The van der Waals surface area contributed by atoms with Gasteiger partial charge in [-0.05, 0) is 19.1 Å². The van der Waals surface area contributed by atoms with Crippen molar-refractivity contribution in [2.75, 3.05) is 0 Å². The summed E-state index contributed by atoms with van der Waals surface area (Å²) in [6, 6.07) is 5.75. The van der Waals surface area contributed by atoms with Gasteiger partial charge in [0.25, 0.3) is 0 Å². The minimum Gasteiger partial charge on any atom is -0.325 e. The van der Waals surface area contributed by atoms with Gasteiger partial charge in [0.15, 0.2) is 0 Å². The number of hydrogen-bond donors (Lipinski definition) is 0. The summed E-state index contributed by atoms with van der Waals surface area (Å²) < 4.78 is 2.10. The van der Waals surface area contributed by atoms with Crippen molar-refractivity contribution in [3.8, 4) is 0 Å². The maximum Gasteiger partial charge on any atom is 0.124 e. The standard InChI is InChI=1S/C14H13Cl2N3S/c1-9-8-20-13(17-9)5-6-19-12(7-15)18-11-4-2-3-10(16)14(11)19/h2-4,8H,5-7H2,1H3. The van der Waals surface area contributed by atoms with Crippen molar-refractivity contribution < 1.29 is 0 Å². The molecule has 0 aliphatic carbocycles. The highest BCUT2D eigenvalue weighted by molar-refractivity contribution is 7.09. The van der Waals surface area contributed by atoms with Crippen LogP contribution < -0.4 is 0 Å². The second-order valence-corrected chi connectivity index (χ2v) is 6.17. The van der Waals surface area contributed by atoms with E-state index < -0.39 is 0 Å². The van der Waals surface area contributed by atoms with Crippen LogP contribution in [0.5, 0.6) is 0 Å². The fourth-order valence-electron chi connectivity index (χ4n) is 2.26. The number of thiazole rings is 1. The number of aryl methyl sites for hydroxylation is 3. The third-order valence-electron chi connectivity index (χ3n) is 3.13. The van der Waals surface area contributed by atoms with Gasteiger partial charge in [-0.2, -0.15) is 0 Å². The van der Waals surface area contributed by atoms with Gasteiger partial charge in [0.1, 0.15) is 5.82 Å². The Labute approximate surface area is 131 Å². The lowest BCUT2D eigenvalue weighted by Crippen LogP contribution is -2.05. The fourth-order valence-corrected chi connectivity index (χ4v) is 3.50. The molecule has 3 nitrogen and oxygen atoms in total. The average molecular weight is 326 g/mol. The molecule has 20 heavy (non-hydrogen) atoms. The molecule has 0 fully saturated rings. The molecular weight excluding hydrogens is 313 g/mol. The third kappa shape index (κ3) is 2.55. The Hall–Kier alpha value is -1.10. The predicted octanol–water partition coefficient (Wildman–Crippen LogP) is 4.44. The molecule has 2 heterocycles. The smallest absolute Gasteiger partial charge is 0.124 e. The van der Waals surface area contributed by atoms with Crippen LogP contribution in [0.3, 0.4) is 0 Å². The van der Waals surface area contributed by atoms with E-state index >= 15 is 0 Å². The largest absolute Gasteiger partial charge is 0.325 e. The van der Waals surface area contributed by atoms with Crippen LogP contribution in [0.1, 0.15) is 16.5 Å². The molecule has 0 amide bonds. The Morgan fingerprint density at radius 1 is 1.30 bits per heavy atom. The van der Waals surface area contributed by atoms with Crippen LogP contribution in [0.15, 0.2) is 23.6 Å². The Balaban J connectivity index is 1.97. The summed E-state index contributed by atoms with van der Waals surface area (Å²) in [7, 11) is 0. The number of aromatic nitrogens is 3. The third-order valence-corrected chi connectivity index (χ3v) is 4.70. The summed E-state index contributed by atoms with van der Waals surface area (Å²) in [4.78, 5) is 9.03. The van der Waals surface area contributed by atoms with Gasteiger partial charge in [0.05, 0.1) is 26.9 Å². The quantitative estimate of drug-likeness (QED) is 0.664. The van der Waals surface area contributed by atoms with E-state index in [1.807, 2.05) is 25.1 Å². The van der Waals surface area contributed by atoms with E-state index in [1.54, 1.807) is 11.3 Å². The van der Waals surface area contributed by atoms with Crippen molar-refractivity contribution >= 4 is 45.6 Å². The van der Waals surface area contributed by atoms with Gasteiger partial charge in [-0.3, -0.25) is 0 Å². The number of halogens is 2. The lowest BCUT2D eigenvalue weighted by molar-refractivity contribution is 0.685. The molecule has 3 aromatic rings. The summed E-state index contributed by atoms with van der Waals surface area (Å²) >= 11 is 14.0. The number of fused-ring (bicyclic) bond motifs is 1. The van der Waals surface area contributed by atoms with E-state index in [1.165, 1.54) is 0 Å². The maximum absolute atomic E-state index is 6.30. The molecule has 0 radical (unpaired) electrons. The van der Waals surface area contributed by atoms with Gasteiger partial charge in [0, 0.05) is 24.0 Å². The minimum atomic E-state index is 0.377. The van der Waals surface area contributed by atoms with Crippen molar-refractivity contribution in [3.63, 3.8) is 0 Å². The predicted molar refractivity (Wildman–Crippen MR) is 84.9 cm³/mol. The minimum absolute atomic E-state index is 0.377. The van der Waals surface area contributed by atoms with Gasteiger partial charge in [-0.15, -0.1) is 22.9 Å². The Bertz CT molecular complexity index is 748. The Morgan fingerprint density at radius 2 is 2.15 bits per heavy atom. The van der Waals surface area contributed by atoms with E-state index in [2.05, 4.69) is 19.9 Å². The molecule has 0 N–H and O–H groups in total. The molecular formula is C14H13Cl2N3S. The zero-order chi connectivity index (χ0) is 14.1. The number of nitrogens with zero attached hydrogens (tertiary/aromatic N) is 3. The van der Waals surface area contributed by atoms with Crippen molar-refractivity contribution in [1.29, 1.82) is 0 Å². The van der Waals surface area contributed by atoms with Crippen LogP contribution in [0, 0.1) is 6.92 Å². The lowest BCUT2D eigenvalue weighted by atomic mass is 10.3. The van der Waals surface area contributed by atoms with Crippen LogP contribution in [-0.2, 0) is 18.8 Å². The van der Waals surface area contributed by atoms with Crippen LogP contribution in [0.25, 0.3) is 11.0 Å². The van der Waals surface area contributed by atoms with Crippen molar-refractivity contribution in [3.05, 3.63) is 45.1 Å². The summed E-state index contributed by atoms with van der Waals surface area (Å²) in [6.45, 7) is 2.79. The summed E-state index contributed by atoms with van der Waals surface area (Å²) in [5.41, 5.74) is 2.91. The van der Waals surface area contributed by atoms with Gasteiger partial charge < -0.3 is 4.57 Å². The molecule has 104 valence electrons. The molecule has 0 saturated heterocycles. The molecule has 0 unspecified atom stereocenters. The van der Waals surface area contributed by atoms with Crippen LogP contribution in [-0.4, -0.2) is 14.5 Å². The SMILES string of the molecule is Cc1csc(CCn2c(CCl)nc3cccc(Cl)c32)n1. The van der Waals surface area contributed by atoms with Crippen LogP contribution >= 0.6 is 34.5 Å². The second kappa shape index (κ2) is 5.72. The molecule has 1 aromatic carbocycles. The number of rotatable bonds is 4. The maximum atomic E-state index is 6.30. The normalized spacial score (nSPS) is 11.3. The molecule has 0 spiro atoms.